The van der Waals surface area contributed by atoms with Crippen molar-refractivity contribution in [2.75, 3.05) is 13.2 Å². The maximum Gasteiger partial charge on any atom is 0.246 e. The van der Waals surface area contributed by atoms with E-state index >= 15 is 0 Å². The van der Waals surface area contributed by atoms with Gasteiger partial charge in [0.25, 0.3) is 0 Å². The van der Waals surface area contributed by atoms with Crippen LogP contribution in [0.25, 0.3) is 0 Å². The van der Waals surface area contributed by atoms with Crippen LogP contribution in [0, 0.1) is 0 Å². The molecule has 0 spiro atoms. The minimum Gasteiger partial charge on any atom is -0.486 e. The Balaban J connectivity index is 1.96. The number of nitrogens with one attached hydrogen (secondary N) is 1. The Hall–Kier alpha value is -1.59. The molecule has 0 radical (unpaired) electrons. The van der Waals surface area contributed by atoms with Gasteiger partial charge >= 0.3 is 0 Å². The van der Waals surface area contributed by atoms with Crippen molar-refractivity contribution in [2.24, 2.45) is 0 Å². The number of amides is 1. The minimum atomic E-state index is -0.506. The van der Waals surface area contributed by atoms with E-state index in [4.69, 9.17) is 14.6 Å². The van der Waals surface area contributed by atoms with Crippen LogP contribution in [0.1, 0.15) is 13.3 Å². The number of rotatable bonds is 6. The molecule has 0 heterocycles. The van der Waals surface area contributed by atoms with Crippen LogP contribution < -0.4 is 10.1 Å². The fourth-order valence-corrected chi connectivity index (χ4v) is 2.17. The van der Waals surface area contributed by atoms with Gasteiger partial charge in [0.2, 0.25) is 5.91 Å². The second-order valence-electron chi connectivity index (χ2n) is 4.46. The first kappa shape index (κ1) is 13.8. The van der Waals surface area contributed by atoms with Crippen molar-refractivity contribution in [2.45, 2.75) is 31.6 Å². The molecule has 1 amide bonds. The smallest absolute Gasteiger partial charge is 0.246 e. The number of hydrogen-bond acceptors (Lipinski definition) is 4. The Morgan fingerprint density at radius 1 is 1.42 bits per heavy atom. The molecule has 1 aliphatic carbocycles. The van der Waals surface area contributed by atoms with Crippen molar-refractivity contribution >= 4 is 5.91 Å². The molecule has 1 aliphatic rings. The van der Waals surface area contributed by atoms with Gasteiger partial charge in [-0.25, -0.2) is 0 Å². The first-order chi connectivity index (χ1) is 9.24. The van der Waals surface area contributed by atoms with E-state index in [1.165, 1.54) is 0 Å². The van der Waals surface area contributed by atoms with E-state index in [0.29, 0.717) is 13.0 Å². The Morgan fingerprint density at radius 3 is 2.79 bits per heavy atom. The second kappa shape index (κ2) is 6.54. The van der Waals surface area contributed by atoms with Gasteiger partial charge in [-0.05, 0) is 19.1 Å². The summed E-state index contributed by atoms with van der Waals surface area (Å²) in [7, 11) is 0. The molecule has 104 valence electrons. The van der Waals surface area contributed by atoms with Crippen LogP contribution in [0.2, 0.25) is 0 Å². The maximum atomic E-state index is 11.2. The van der Waals surface area contributed by atoms with Gasteiger partial charge in [0.15, 0.2) is 0 Å². The summed E-state index contributed by atoms with van der Waals surface area (Å²) in [5.41, 5.74) is 0. The topological polar surface area (TPSA) is 67.8 Å². The summed E-state index contributed by atoms with van der Waals surface area (Å²) in [5.74, 6) is 0.363. The molecule has 5 nitrogen and oxygen atoms in total. The number of hydrogen-bond donors (Lipinski definition) is 2. The number of carbonyl (C=O) groups is 1. The van der Waals surface area contributed by atoms with Crippen LogP contribution in [0.4, 0.5) is 0 Å². The zero-order valence-corrected chi connectivity index (χ0v) is 10.9. The minimum absolute atomic E-state index is 0.0193. The molecule has 2 N–H and O–H groups in total. The van der Waals surface area contributed by atoms with Gasteiger partial charge in [0.1, 0.15) is 18.5 Å². The molecule has 1 aromatic rings. The standard InChI is InChI=1S/C14H19NO4/c1-2-18-12-8-11(15-13(17)9-16)14(12)19-10-6-4-3-5-7-10/h3-7,11-12,14,16H,2,8-9H2,1H3,(H,15,17). The van der Waals surface area contributed by atoms with Crippen molar-refractivity contribution in [3.63, 3.8) is 0 Å². The van der Waals surface area contributed by atoms with Gasteiger partial charge in [-0.1, -0.05) is 18.2 Å². The van der Waals surface area contributed by atoms with E-state index in [0.717, 1.165) is 5.75 Å². The lowest BCUT2D eigenvalue weighted by molar-refractivity contribution is -0.134. The van der Waals surface area contributed by atoms with E-state index < -0.39 is 6.61 Å². The van der Waals surface area contributed by atoms with Gasteiger partial charge < -0.3 is 19.9 Å². The summed E-state index contributed by atoms with van der Waals surface area (Å²) >= 11 is 0. The Kier molecular flexibility index (Phi) is 4.76. The number of carbonyl (C=O) groups excluding carboxylic acids is 1. The van der Waals surface area contributed by atoms with E-state index in [2.05, 4.69) is 5.32 Å². The van der Waals surface area contributed by atoms with Crippen LogP contribution >= 0.6 is 0 Å². The fraction of sp³-hybridized carbons (Fsp3) is 0.500. The summed E-state index contributed by atoms with van der Waals surface area (Å²) in [6.45, 7) is 2.03. The average Bonchev–Trinajstić information content (AvgIpc) is 2.44. The summed E-state index contributed by atoms with van der Waals surface area (Å²) in [6.07, 6.45) is 0.476. The van der Waals surface area contributed by atoms with Gasteiger partial charge in [-0.2, -0.15) is 0 Å². The van der Waals surface area contributed by atoms with Crippen LogP contribution in [-0.2, 0) is 9.53 Å². The maximum absolute atomic E-state index is 11.2. The Morgan fingerprint density at radius 2 is 2.16 bits per heavy atom. The molecule has 3 unspecified atom stereocenters. The lowest BCUT2D eigenvalue weighted by Gasteiger charge is -2.43. The van der Waals surface area contributed by atoms with Gasteiger partial charge in [-0.3, -0.25) is 4.79 Å². The lowest BCUT2D eigenvalue weighted by Crippen LogP contribution is -2.63. The van der Waals surface area contributed by atoms with E-state index in [1.807, 2.05) is 37.3 Å². The molecule has 0 aliphatic heterocycles. The molecule has 19 heavy (non-hydrogen) atoms. The zero-order chi connectivity index (χ0) is 13.7. The molecule has 0 saturated heterocycles. The van der Waals surface area contributed by atoms with E-state index in [9.17, 15) is 4.79 Å². The summed E-state index contributed by atoms with van der Waals surface area (Å²) < 4.78 is 11.4. The van der Waals surface area contributed by atoms with E-state index in [-0.39, 0.29) is 24.2 Å². The monoisotopic (exact) mass is 265 g/mol. The largest absolute Gasteiger partial charge is 0.486 e. The predicted octanol–water partition coefficient (Wildman–Crippen LogP) is 0.720. The summed E-state index contributed by atoms with van der Waals surface area (Å²) in [5, 5.41) is 11.5. The normalized spacial score (nSPS) is 25.5. The molecule has 3 atom stereocenters. The number of para-hydroxylation sites is 1. The first-order valence-corrected chi connectivity index (χ1v) is 6.48. The van der Waals surface area contributed by atoms with Gasteiger partial charge in [-0.15, -0.1) is 0 Å². The highest BCUT2D eigenvalue weighted by Crippen LogP contribution is 2.29. The summed E-state index contributed by atoms with van der Waals surface area (Å²) in [4.78, 5) is 11.2. The highest BCUT2D eigenvalue weighted by Gasteiger charge is 2.44. The first-order valence-electron chi connectivity index (χ1n) is 6.48. The summed E-state index contributed by atoms with van der Waals surface area (Å²) in [6, 6.07) is 9.32. The molecule has 1 aromatic carbocycles. The van der Waals surface area contributed by atoms with Crippen molar-refractivity contribution < 1.29 is 19.4 Å². The molecule has 5 heteroatoms. The number of aliphatic hydroxyl groups excluding tert-OH is 1. The number of aliphatic hydroxyl groups is 1. The fourth-order valence-electron chi connectivity index (χ4n) is 2.17. The Bertz CT molecular complexity index is 409. The number of benzene rings is 1. The van der Waals surface area contributed by atoms with E-state index in [1.54, 1.807) is 0 Å². The number of ether oxygens (including phenoxy) is 2. The predicted molar refractivity (Wildman–Crippen MR) is 69.9 cm³/mol. The molecular weight excluding hydrogens is 246 g/mol. The van der Waals surface area contributed by atoms with Gasteiger partial charge in [0.05, 0.1) is 12.1 Å². The molecule has 2 rings (SSSR count). The van der Waals surface area contributed by atoms with Gasteiger partial charge in [0, 0.05) is 13.0 Å². The Labute approximate surface area is 112 Å². The molecule has 1 saturated carbocycles. The second-order valence-corrected chi connectivity index (χ2v) is 4.46. The molecule has 1 fully saturated rings. The average molecular weight is 265 g/mol. The van der Waals surface area contributed by atoms with Crippen LogP contribution in [0.3, 0.4) is 0 Å². The van der Waals surface area contributed by atoms with Crippen molar-refractivity contribution in [1.82, 2.24) is 5.32 Å². The molecular formula is C14H19NO4. The molecule has 0 aromatic heterocycles. The van der Waals surface area contributed by atoms with Crippen LogP contribution in [0.15, 0.2) is 30.3 Å². The van der Waals surface area contributed by atoms with Crippen LogP contribution in [0.5, 0.6) is 5.75 Å². The van der Waals surface area contributed by atoms with Crippen molar-refractivity contribution in [3.8, 4) is 5.75 Å². The lowest BCUT2D eigenvalue weighted by atomic mass is 9.85. The third-order valence-electron chi connectivity index (χ3n) is 3.14. The highest BCUT2D eigenvalue weighted by molar-refractivity contribution is 5.77. The van der Waals surface area contributed by atoms with Crippen LogP contribution in [-0.4, -0.2) is 42.5 Å². The SMILES string of the molecule is CCOC1CC(NC(=O)CO)C1Oc1ccccc1. The highest BCUT2D eigenvalue weighted by atomic mass is 16.5. The molecule has 0 bridgehead atoms. The zero-order valence-electron chi connectivity index (χ0n) is 10.9. The van der Waals surface area contributed by atoms with Crippen molar-refractivity contribution in [3.05, 3.63) is 30.3 Å². The third kappa shape index (κ3) is 3.45. The van der Waals surface area contributed by atoms with Crippen molar-refractivity contribution in [1.29, 1.82) is 0 Å². The quantitative estimate of drug-likeness (QED) is 0.795. The third-order valence-corrected chi connectivity index (χ3v) is 3.14.